The van der Waals surface area contributed by atoms with Gasteiger partial charge in [0.25, 0.3) is 0 Å². The summed E-state index contributed by atoms with van der Waals surface area (Å²) in [6.45, 7) is 2.67. The zero-order valence-electron chi connectivity index (χ0n) is 13.2. The smallest absolute Gasteiger partial charge is 0.319 e. The van der Waals surface area contributed by atoms with E-state index in [9.17, 15) is 4.79 Å². The largest absolute Gasteiger partial charge is 0.363 e. The highest BCUT2D eigenvalue weighted by molar-refractivity contribution is 5.89. The predicted molar refractivity (Wildman–Crippen MR) is 90.4 cm³/mol. The normalized spacial score (nSPS) is 11.6. The molecule has 0 fully saturated rings. The first-order chi connectivity index (χ1) is 10.6. The van der Waals surface area contributed by atoms with Crippen LogP contribution < -0.4 is 15.5 Å². The number of nitrogens with one attached hydrogen (secondary N) is 2. The van der Waals surface area contributed by atoms with Crippen LogP contribution in [-0.2, 0) is 0 Å². The quantitative estimate of drug-likeness (QED) is 0.892. The lowest BCUT2D eigenvalue weighted by Gasteiger charge is -2.14. The van der Waals surface area contributed by atoms with Gasteiger partial charge in [0.05, 0.1) is 11.9 Å². The molecule has 0 aliphatic carbocycles. The van der Waals surface area contributed by atoms with Crippen molar-refractivity contribution >= 4 is 17.5 Å². The Kier molecular flexibility index (Phi) is 5.36. The van der Waals surface area contributed by atoms with Gasteiger partial charge >= 0.3 is 6.03 Å². The standard InChI is InChI=1S/C17H22N4O/c1-13(14-7-5-4-6-8-14)11-19-17(22)20-15-9-10-16(18-12-15)21(2)3/h4-10,12-13H,11H2,1-3H3,(H2,19,20,22). The Labute approximate surface area is 131 Å². The summed E-state index contributed by atoms with van der Waals surface area (Å²) in [7, 11) is 3.85. The minimum absolute atomic E-state index is 0.220. The van der Waals surface area contributed by atoms with Gasteiger partial charge in [0.1, 0.15) is 5.82 Å². The van der Waals surface area contributed by atoms with Crippen LogP contribution in [0.15, 0.2) is 48.7 Å². The Morgan fingerprint density at radius 1 is 1.18 bits per heavy atom. The van der Waals surface area contributed by atoms with Crippen LogP contribution in [-0.4, -0.2) is 31.7 Å². The summed E-state index contributed by atoms with van der Waals surface area (Å²) in [5.41, 5.74) is 1.88. The number of hydrogen-bond acceptors (Lipinski definition) is 3. The van der Waals surface area contributed by atoms with Crippen molar-refractivity contribution in [3.8, 4) is 0 Å². The van der Waals surface area contributed by atoms with Crippen LogP contribution >= 0.6 is 0 Å². The lowest BCUT2D eigenvalue weighted by Crippen LogP contribution is -2.31. The Balaban J connectivity index is 1.83. The first kappa shape index (κ1) is 15.8. The second kappa shape index (κ2) is 7.45. The number of nitrogens with zero attached hydrogens (tertiary/aromatic N) is 2. The monoisotopic (exact) mass is 298 g/mol. The fourth-order valence-corrected chi connectivity index (χ4v) is 2.05. The molecule has 2 N–H and O–H groups in total. The van der Waals surface area contributed by atoms with E-state index in [0.29, 0.717) is 12.2 Å². The molecule has 0 saturated heterocycles. The van der Waals surface area contributed by atoms with Crippen LogP contribution in [0.25, 0.3) is 0 Å². The van der Waals surface area contributed by atoms with Gasteiger partial charge in [-0.2, -0.15) is 0 Å². The average molecular weight is 298 g/mol. The fraction of sp³-hybridized carbons (Fsp3) is 0.294. The zero-order valence-corrected chi connectivity index (χ0v) is 13.2. The summed E-state index contributed by atoms with van der Waals surface area (Å²) >= 11 is 0. The van der Waals surface area contributed by atoms with Crippen molar-refractivity contribution in [2.45, 2.75) is 12.8 Å². The molecule has 1 aromatic heterocycles. The van der Waals surface area contributed by atoms with Crippen molar-refractivity contribution in [2.75, 3.05) is 30.9 Å². The number of carbonyl (C=O) groups excluding carboxylic acids is 1. The number of carbonyl (C=O) groups is 1. The van der Waals surface area contributed by atoms with Crippen molar-refractivity contribution in [1.82, 2.24) is 10.3 Å². The van der Waals surface area contributed by atoms with Gasteiger partial charge in [-0.25, -0.2) is 9.78 Å². The number of pyridine rings is 1. The molecule has 2 rings (SSSR count). The molecule has 1 aromatic carbocycles. The second-order valence-corrected chi connectivity index (χ2v) is 5.45. The summed E-state index contributed by atoms with van der Waals surface area (Å²) in [6.07, 6.45) is 1.65. The summed E-state index contributed by atoms with van der Waals surface area (Å²) in [5, 5.41) is 5.66. The van der Waals surface area contributed by atoms with Gasteiger partial charge in [0.2, 0.25) is 0 Å². The van der Waals surface area contributed by atoms with Crippen molar-refractivity contribution in [3.63, 3.8) is 0 Å². The van der Waals surface area contributed by atoms with E-state index in [0.717, 1.165) is 5.82 Å². The van der Waals surface area contributed by atoms with Crippen molar-refractivity contribution in [3.05, 3.63) is 54.2 Å². The van der Waals surface area contributed by atoms with E-state index in [1.54, 1.807) is 6.20 Å². The van der Waals surface area contributed by atoms with Gasteiger partial charge in [-0.1, -0.05) is 37.3 Å². The fourth-order valence-electron chi connectivity index (χ4n) is 2.05. The Hall–Kier alpha value is -2.56. The van der Waals surface area contributed by atoms with E-state index in [1.807, 2.05) is 49.3 Å². The molecule has 5 nitrogen and oxygen atoms in total. The maximum Gasteiger partial charge on any atom is 0.319 e. The molecule has 1 heterocycles. The predicted octanol–water partition coefficient (Wildman–Crippen LogP) is 3.07. The number of urea groups is 1. The van der Waals surface area contributed by atoms with Crippen molar-refractivity contribution < 1.29 is 4.79 Å². The van der Waals surface area contributed by atoms with Gasteiger partial charge < -0.3 is 15.5 Å². The first-order valence-electron chi connectivity index (χ1n) is 7.29. The molecule has 116 valence electrons. The van der Waals surface area contributed by atoms with Crippen molar-refractivity contribution in [1.29, 1.82) is 0 Å². The Morgan fingerprint density at radius 2 is 1.91 bits per heavy atom. The van der Waals surface area contributed by atoms with Crippen LogP contribution in [0.3, 0.4) is 0 Å². The molecule has 0 aliphatic rings. The van der Waals surface area contributed by atoms with Gasteiger partial charge in [0.15, 0.2) is 0 Å². The van der Waals surface area contributed by atoms with Crippen LogP contribution in [0, 0.1) is 0 Å². The topological polar surface area (TPSA) is 57.3 Å². The van der Waals surface area contributed by atoms with E-state index in [1.165, 1.54) is 5.56 Å². The number of hydrogen-bond donors (Lipinski definition) is 2. The van der Waals surface area contributed by atoms with E-state index >= 15 is 0 Å². The first-order valence-corrected chi connectivity index (χ1v) is 7.29. The Morgan fingerprint density at radius 3 is 2.50 bits per heavy atom. The third kappa shape index (κ3) is 4.48. The van der Waals surface area contributed by atoms with Gasteiger partial charge in [0, 0.05) is 20.6 Å². The molecule has 0 aliphatic heterocycles. The van der Waals surface area contributed by atoms with Crippen LogP contribution in [0.2, 0.25) is 0 Å². The molecular formula is C17H22N4O. The molecule has 1 atom stereocenters. The van der Waals surface area contributed by atoms with E-state index < -0.39 is 0 Å². The minimum atomic E-state index is -0.220. The molecule has 1 unspecified atom stereocenters. The summed E-state index contributed by atoms with van der Waals surface area (Å²) in [4.78, 5) is 18.1. The molecule has 0 spiro atoms. The Bertz CT molecular complexity index is 596. The van der Waals surface area contributed by atoms with Gasteiger partial charge in [-0.3, -0.25) is 0 Å². The zero-order chi connectivity index (χ0) is 15.9. The SMILES string of the molecule is CC(CNC(=O)Nc1ccc(N(C)C)nc1)c1ccccc1. The van der Waals surface area contributed by atoms with Crippen molar-refractivity contribution in [2.24, 2.45) is 0 Å². The minimum Gasteiger partial charge on any atom is -0.363 e. The highest BCUT2D eigenvalue weighted by Gasteiger charge is 2.08. The lowest BCUT2D eigenvalue weighted by atomic mass is 10.0. The molecule has 0 bridgehead atoms. The lowest BCUT2D eigenvalue weighted by molar-refractivity contribution is 0.251. The number of anilines is 2. The number of aromatic nitrogens is 1. The van der Waals surface area contributed by atoms with Crippen LogP contribution in [0.4, 0.5) is 16.3 Å². The van der Waals surface area contributed by atoms with Crippen LogP contribution in [0.1, 0.15) is 18.4 Å². The highest BCUT2D eigenvalue weighted by Crippen LogP contribution is 2.14. The molecular weight excluding hydrogens is 276 g/mol. The van der Waals surface area contributed by atoms with Gasteiger partial charge in [-0.15, -0.1) is 0 Å². The third-order valence-corrected chi connectivity index (χ3v) is 3.40. The summed E-state index contributed by atoms with van der Waals surface area (Å²) in [6, 6.07) is 13.6. The maximum absolute atomic E-state index is 11.9. The number of benzene rings is 1. The number of amides is 2. The van der Waals surface area contributed by atoms with Gasteiger partial charge in [-0.05, 0) is 23.6 Å². The molecule has 0 saturated carbocycles. The molecule has 2 amide bonds. The maximum atomic E-state index is 11.9. The highest BCUT2D eigenvalue weighted by atomic mass is 16.2. The molecule has 2 aromatic rings. The molecule has 0 radical (unpaired) electrons. The van der Waals surface area contributed by atoms with E-state index in [4.69, 9.17) is 0 Å². The summed E-state index contributed by atoms with van der Waals surface area (Å²) in [5.74, 6) is 1.12. The molecule has 5 heteroatoms. The van der Waals surface area contributed by atoms with E-state index in [2.05, 4.69) is 34.7 Å². The summed E-state index contributed by atoms with van der Waals surface area (Å²) < 4.78 is 0. The van der Waals surface area contributed by atoms with Crippen LogP contribution in [0.5, 0.6) is 0 Å². The second-order valence-electron chi connectivity index (χ2n) is 5.45. The molecule has 22 heavy (non-hydrogen) atoms. The van der Waals surface area contributed by atoms with E-state index in [-0.39, 0.29) is 11.9 Å². The average Bonchev–Trinajstić information content (AvgIpc) is 2.54. The third-order valence-electron chi connectivity index (χ3n) is 3.40. The number of rotatable bonds is 5.